The minimum atomic E-state index is -3.45. The molecule has 0 aliphatic carbocycles. The fourth-order valence-corrected chi connectivity index (χ4v) is 3.50. The van der Waals surface area contributed by atoms with Crippen LogP contribution in [0, 0.1) is 0 Å². The number of nitrogens with zero attached hydrogens (tertiary/aromatic N) is 1. The third-order valence-electron chi connectivity index (χ3n) is 2.60. The van der Waals surface area contributed by atoms with Crippen molar-refractivity contribution in [2.24, 2.45) is 0 Å². The predicted octanol–water partition coefficient (Wildman–Crippen LogP) is 1.59. The van der Waals surface area contributed by atoms with Gasteiger partial charge in [0.15, 0.2) is 0 Å². The average molecular weight is 295 g/mol. The number of rotatable bonds is 2. The molecule has 1 aromatic rings. The highest BCUT2D eigenvalue weighted by molar-refractivity contribution is 7.89. The van der Waals surface area contributed by atoms with Gasteiger partial charge in [-0.2, -0.15) is 4.31 Å². The molecule has 1 fully saturated rings. The lowest BCUT2D eigenvalue weighted by Gasteiger charge is -2.26. The zero-order valence-corrected chi connectivity index (χ0v) is 11.3. The van der Waals surface area contributed by atoms with Crippen LogP contribution in [0.15, 0.2) is 23.1 Å². The second-order valence-corrected chi connectivity index (χ2v) is 6.48. The van der Waals surface area contributed by atoms with Gasteiger partial charge in [-0.25, -0.2) is 8.42 Å². The lowest BCUT2D eigenvalue weighted by Crippen LogP contribution is -2.46. The third-order valence-corrected chi connectivity index (χ3v) is 5.24. The molecular weight excluding hydrogens is 283 g/mol. The Kier molecular flexibility index (Phi) is 3.95. The van der Waals surface area contributed by atoms with Crippen LogP contribution in [0.5, 0.6) is 0 Å². The Balaban J connectivity index is 2.33. The van der Waals surface area contributed by atoms with Crippen LogP contribution in [0.2, 0.25) is 10.0 Å². The number of benzene rings is 1. The number of hydrogen-bond donors (Lipinski definition) is 1. The molecule has 0 bridgehead atoms. The first-order valence-corrected chi connectivity index (χ1v) is 7.37. The van der Waals surface area contributed by atoms with E-state index in [2.05, 4.69) is 5.32 Å². The number of piperazine rings is 1. The van der Waals surface area contributed by atoms with Gasteiger partial charge in [0.1, 0.15) is 0 Å². The van der Waals surface area contributed by atoms with Crippen molar-refractivity contribution in [3.8, 4) is 0 Å². The van der Waals surface area contributed by atoms with E-state index in [-0.39, 0.29) is 9.92 Å². The van der Waals surface area contributed by atoms with E-state index in [1.165, 1.54) is 22.5 Å². The summed E-state index contributed by atoms with van der Waals surface area (Å²) in [6.45, 7) is 2.28. The van der Waals surface area contributed by atoms with Gasteiger partial charge >= 0.3 is 0 Å². The summed E-state index contributed by atoms with van der Waals surface area (Å²) in [6, 6.07) is 4.37. The van der Waals surface area contributed by atoms with E-state index in [4.69, 9.17) is 23.2 Å². The van der Waals surface area contributed by atoms with Gasteiger partial charge < -0.3 is 5.32 Å². The van der Waals surface area contributed by atoms with Gasteiger partial charge in [-0.15, -0.1) is 0 Å². The molecule has 1 aliphatic heterocycles. The van der Waals surface area contributed by atoms with E-state index in [1.54, 1.807) is 0 Å². The van der Waals surface area contributed by atoms with Crippen LogP contribution in [0.3, 0.4) is 0 Å². The van der Waals surface area contributed by atoms with Crippen molar-refractivity contribution in [3.63, 3.8) is 0 Å². The second kappa shape index (κ2) is 5.12. The van der Waals surface area contributed by atoms with E-state index < -0.39 is 10.0 Å². The maximum atomic E-state index is 12.2. The molecule has 1 aliphatic rings. The van der Waals surface area contributed by atoms with E-state index in [9.17, 15) is 8.42 Å². The highest BCUT2D eigenvalue weighted by Gasteiger charge is 2.26. The molecule has 7 heteroatoms. The van der Waals surface area contributed by atoms with E-state index >= 15 is 0 Å². The molecule has 0 aromatic heterocycles. The van der Waals surface area contributed by atoms with Crippen molar-refractivity contribution in [1.29, 1.82) is 0 Å². The maximum Gasteiger partial charge on any atom is 0.243 e. The molecule has 1 aromatic carbocycles. The minimum Gasteiger partial charge on any atom is -0.314 e. The smallest absolute Gasteiger partial charge is 0.243 e. The molecule has 0 radical (unpaired) electrons. The van der Waals surface area contributed by atoms with Crippen molar-refractivity contribution in [1.82, 2.24) is 9.62 Å². The largest absolute Gasteiger partial charge is 0.314 e. The first-order chi connectivity index (χ1) is 8.01. The molecule has 0 spiro atoms. The number of nitrogens with one attached hydrogen (secondary N) is 1. The topological polar surface area (TPSA) is 49.4 Å². The summed E-state index contributed by atoms with van der Waals surface area (Å²) < 4.78 is 25.9. The lowest BCUT2D eigenvalue weighted by atomic mass is 10.4. The molecule has 94 valence electrons. The van der Waals surface area contributed by atoms with E-state index in [0.29, 0.717) is 31.2 Å². The van der Waals surface area contributed by atoms with Gasteiger partial charge in [-0.3, -0.25) is 0 Å². The SMILES string of the molecule is O=S(=O)(c1ccc(Cl)c(Cl)c1)N1CCNCC1. The molecular formula is C10H12Cl2N2O2S. The summed E-state index contributed by atoms with van der Waals surface area (Å²) in [5.74, 6) is 0. The lowest BCUT2D eigenvalue weighted by molar-refractivity contribution is 0.360. The molecule has 0 unspecified atom stereocenters. The Bertz CT molecular complexity index is 513. The molecule has 0 saturated carbocycles. The molecule has 2 rings (SSSR count). The number of hydrogen-bond acceptors (Lipinski definition) is 3. The highest BCUT2D eigenvalue weighted by atomic mass is 35.5. The van der Waals surface area contributed by atoms with Crippen LogP contribution < -0.4 is 5.32 Å². The summed E-state index contributed by atoms with van der Waals surface area (Å²) in [7, 11) is -3.45. The summed E-state index contributed by atoms with van der Waals surface area (Å²) in [4.78, 5) is 0.189. The molecule has 0 amide bonds. The van der Waals surface area contributed by atoms with Crippen molar-refractivity contribution in [2.75, 3.05) is 26.2 Å². The van der Waals surface area contributed by atoms with Gasteiger partial charge in [0.25, 0.3) is 0 Å². The zero-order chi connectivity index (χ0) is 12.5. The van der Waals surface area contributed by atoms with Crippen LogP contribution in [0.1, 0.15) is 0 Å². The van der Waals surface area contributed by atoms with Crippen molar-refractivity contribution in [2.45, 2.75) is 4.90 Å². The van der Waals surface area contributed by atoms with Gasteiger partial charge in [0.2, 0.25) is 10.0 Å². The zero-order valence-electron chi connectivity index (χ0n) is 8.99. The second-order valence-electron chi connectivity index (χ2n) is 3.73. The van der Waals surface area contributed by atoms with Crippen LogP contribution in [0.4, 0.5) is 0 Å². The van der Waals surface area contributed by atoms with Gasteiger partial charge in [0.05, 0.1) is 14.9 Å². The highest BCUT2D eigenvalue weighted by Crippen LogP contribution is 2.26. The Hall–Kier alpha value is -0.330. The van der Waals surface area contributed by atoms with Crippen molar-refractivity contribution < 1.29 is 8.42 Å². The standard InChI is InChI=1S/C10H12Cl2N2O2S/c11-9-2-1-8(7-10(9)12)17(15,16)14-5-3-13-4-6-14/h1-2,7,13H,3-6H2. The third kappa shape index (κ3) is 2.74. The van der Waals surface area contributed by atoms with Crippen LogP contribution in [-0.2, 0) is 10.0 Å². The summed E-state index contributed by atoms with van der Waals surface area (Å²) in [5.41, 5.74) is 0. The van der Waals surface area contributed by atoms with Gasteiger partial charge in [-0.1, -0.05) is 23.2 Å². The summed E-state index contributed by atoms with van der Waals surface area (Å²) >= 11 is 11.6. The van der Waals surface area contributed by atoms with Crippen molar-refractivity contribution >= 4 is 33.2 Å². The Morgan fingerprint density at radius 3 is 2.35 bits per heavy atom. The molecule has 0 atom stereocenters. The average Bonchev–Trinajstić information content (AvgIpc) is 2.33. The monoisotopic (exact) mass is 294 g/mol. The van der Waals surface area contributed by atoms with Gasteiger partial charge in [-0.05, 0) is 18.2 Å². The molecule has 1 N–H and O–H groups in total. The summed E-state index contributed by atoms with van der Waals surface area (Å²) in [6.07, 6.45) is 0. The number of halogens is 2. The first kappa shape index (κ1) is 13.1. The van der Waals surface area contributed by atoms with Crippen LogP contribution >= 0.6 is 23.2 Å². The normalized spacial score (nSPS) is 18.2. The van der Waals surface area contributed by atoms with Gasteiger partial charge in [0, 0.05) is 26.2 Å². The fraction of sp³-hybridized carbons (Fsp3) is 0.400. The summed E-state index contributed by atoms with van der Waals surface area (Å²) in [5, 5.41) is 3.71. The van der Waals surface area contributed by atoms with Crippen LogP contribution in [-0.4, -0.2) is 38.9 Å². The maximum absolute atomic E-state index is 12.2. The molecule has 17 heavy (non-hydrogen) atoms. The first-order valence-electron chi connectivity index (χ1n) is 5.18. The fourth-order valence-electron chi connectivity index (χ4n) is 1.67. The van der Waals surface area contributed by atoms with Crippen molar-refractivity contribution in [3.05, 3.63) is 28.2 Å². The quantitative estimate of drug-likeness (QED) is 0.901. The Morgan fingerprint density at radius 1 is 1.12 bits per heavy atom. The Morgan fingerprint density at radius 2 is 1.76 bits per heavy atom. The minimum absolute atomic E-state index is 0.189. The predicted molar refractivity (Wildman–Crippen MR) is 68.1 cm³/mol. The molecule has 1 heterocycles. The number of sulfonamides is 1. The van der Waals surface area contributed by atoms with Crippen LogP contribution in [0.25, 0.3) is 0 Å². The molecule has 1 saturated heterocycles. The Labute approximate surface area is 111 Å². The van der Waals surface area contributed by atoms with E-state index in [1.807, 2.05) is 0 Å². The van der Waals surface area contributed by atoms with E-state index in [0.717, 1.165) is 0 Å². The molecule has 4 nitrogen and oxygen atoms in total.